The molecule has 1 fully saturated rings. The van der Waals surface area contributed by atoms with E-state index in [0.717, 1.165) is 37.3 Å². The number of hydrogen-bond donors (Lipinski definition) is 1. The molecule has 0 spiro atoms. The van der Waals surface area contributed by atoms with Gasteiger partial charge in [-0.1, -0.05) is 44.0 Å². The third-order valence-electron chi connectivity index (χ3n) is 4.65. The van der Waals surface area contributed by atoms with Crippen molar-refractivity contribution in [2.75, 3.05) is 13.1 Å². The van der Waals surface area contributed by atoms with E-state index in [9.17, 15) is 9.90 Å². The van der Waals surface area contributed by atoms with Crippen molar-refractivity contribution in [1.29, 1.82) is 0 Å². The highest BCUT2D eigenvalue weighted by molar-refractivity contribution is 6.30. The zero-order valence-electron chi connectivity index (χ0n) is 12.8. The van der Waals surface area contributed by atoms with E-state index in [1.165, 1.54) is 5.56 Å². The first-order valence-corrected chi connectivity index (χ1v) is 8.13. The molecule has 2 rings (SSSR count). The van der Waals surface area contributed by atoms with Gasteiger partial charge in [0.15, 0.2) is 0 Å². The summed E-state index contributed by atoms with van der Waals surface area (Å²) >= 11 is 5.96. The molecule has 2 unspecified atom stereocenters. The minimum atomic E-state index is -0.641. The molecule has 1 heterocycles. The predicted molar refractivity (Wildman–Crippen MR) is 85.7 cm³/mol. The van der Waals surface area contributed by atoms with Gasteiger partial charge >= 0.3 is 5.97 Å². The summed E-state index contributed by atoms with van der Waals surface area (Å²) in [6, 6.07) is 8.20. The summed E-state index contributed by atoms with van der Waals surface area (Å²) in [7, 11) is 0. The molecular formula is C17H24ClNO2. The number of carbonyl (C=O) groups is 1. The molecule has 1 aromatic carbocycles. The van der Waals surface area contributed by atoms with Crippen molar-refractivity contribution in [3.63, 3.8) is 0 Å². The number of carboxylic acid groups (broad SMARTS) is 1. The summed E-state index contributed by atoms with van der Waals surface area (Å²) in [5, 5.41) is 10.4. The minimum Gasteiger partial charge on any atom is -0.481 e. The quantitative estimate of drug-likeness (QED) is 0.848. The van der Waals surface area contributed by atoms with Gasteiger partial charge in [-0.3, -0.25) is 9.69 Å². The zero-order chi connectivity index (χ0) is 15.5. The van der Waals surface area contributed by atoms with Gasteiger partial charge in [-0.2, -0.15) is 0 Å². The van der Waals surface area contributed by atoms with Crippen molar-refractivity contribution in [2.45, 2.75) is 45.6 Å². The number of halogens is 1. The number of rotatable bonds is 6. The summed E-state index contributed by atoms with van der Waals surface area (Å²) < 4.78 is 0. The largest absolute Gasteiger partial charge is 0.481 e. The van der Waals surface area contributed by atoms with Crippen molar-refractivity contribution >= 4 is 17.6 Å². The minimum absolute atomic E-state index is 0.278. The van der Waals surface area contributed by atoms with E-state index in [1.54, 1.807) is 0 Å². The van der Waals surface area contributed by atoms with Gasteiger partial charge in [0.1, 0.15) is 0 Å². The number of carboxylic acids is 1. The second-order valence-corrected chi connectivity index (χ2v) is 6.47. The third-order valence-corrected chi connectivity index (χ3v) is 4.90. The molecular weight excluding hydrogens is 286 g/mol. The smallest absolute Gasteiger partial charge is 0.310 e. The molecule has 1 N–H and O–H groups in total. The molecule has 0 saturated carbocycles. The standard InChI is InChI=1S/C17H24ClNO2/c1-3-9-17(16(20)21)10-11-19(12-17)15(4-2)13-5-7-14(18)8-6-13/h5-8,15H,3-4,9-12H2,1-2H3,(H,20,21). The summed E-state index contributed by atoms with van der Waals surface area (Å²) in [6.07, 6.45) is 3.40. The van der Waals surface area contributed by atoms with Gasteiger partial charge in [-0.05, 0) is 43.5 Å². The first-order valence-electron chi connectivity index (χ1n) is 7.75. The van der Waals surface area contributed by atoms with E-state index in [1.807, 2.05) is 12.1 Å². The lowest BCUT2D eigenvalue weighted by Crippen LogP contribution is -2.35. The van der Waals surface area contributed by atoms with Crippen LogP contribution in [0.25, 0.3) is 0 Å². The van der Waals surface area contributed by atoms with Crippen LogP contribution < -0.4 is 0 Å². The number of benzene rings is 1. The van der Waals surface area contributed by atoms with Gasteiger partial charge in [0.2, 0.25) is 0 Å². The molecule has 1 saturated heterocycles. The number of likely N-dealkylation sites (tertiary alicyclic amines) is 1. The topological polar surface area (TPSA) is 40.5 Å². The Bertz CT molecular complexity index is 488. The number of aliphatic carboxylic acids is 1. The van der Waals surface area contributed by atoms with Crippen LogP contribution in [0.2, 0.25) is 5.02 Å². The molecule has 0 aliphatic carbocycles. The van der Waals surface area contributed by atoms with E-state index < -0.39 is 11.4 Å². The maximum absolute atomic E-state index is 11.7. The summed E-state index contributed by atoms with van der Waals surface area (Å²) in [6.45, 7) is 5.72. The van der Waals surface area contributed by atoms with Gasteiger partial charge in [0.25, 0.3) is 0 Å². The Balaban J connectivity index is 2.17. The highest BCUT2D eigenvalue weighted by Crippen LogP contribution is 2.40. The van der Waals surface area contributed by atoms with Gasteiger partial charge in [-0.25, -0.2) is 0 Å². The fourth-order valence-electron chi connectivity index (χ4n) is 3.52. The second kappa shape index (κ2) is 6.80. The molecule has 1 aromatic rings. The lowest BCUT2D eigenvalue weighted by Gasteiger charge is -2.30. The average molecular weight is 310 g/mol. The van der Waals surface area contributed by atoms with Crippen molar-refractivity contribution in [2.24, 2.45) is 5.41 Å². The molecule has 0 amide bonds. The van der Waals surface area contributed by atoms with E-state index in [4.69, 9.17) is 11.6 Å². The summed E-state index contributed by atoms with van der Waals surface area (Å²) in [5.41, 5.74) is 0.661. The lowest BCUT2D eigenvalue weighted by molar-refractivity contribution is -0.148. The van der Waals surface area contributed by atoms with E-state index in [2.05, 4.69) is 30.9 Å². The van der Waals surface area contributed by atoms with Crippen LogP contribution in [0.3, 0.4) is 0 Å². The van der Waals surface area contributed by atoms with Crippen LogP contribution in [-0.4, -0.2) is 29.1 Å². The molecule has 0 radical (unpaired) electrons. The van der Waals surface area contributed by atoms with E-state index in [0.29, 0.717) is 6.54 Å². The SMILES string of the molecule is CCCC1(C(=O)O)CCN(C(CC)c2ccc(Cl)cc2)C1. The van der Waals surface area contributed by atoms with E-state index >= 15 is 0 Å². The fraction of sp³-hybridized carbons (Fsp3) is 0.588. The molecule has 116 valence electrons. The van der Waals surface area contributed by atoms with Crippen molar-refractivity contribution < 1.29 is 9.90 Å². The molecule has 4 heteroatoms. The third kappa shape index (κ3) is 3.41. The Morgan fingerprint density at radius 1 is 1.38 bits per heavy atom. The van der Waals surface area contributed by atoms with Crippen LogP contribution in [0.1, 0.15) is 51.1 Å². The van der Waals surface area contributed by atoms with Crippen molar-refractivity contribution in [1.82, 2.24) is 4.90 Å². The van der Waals surface area contributed by atoms with Crippen LogP contribution in [0.15, 0.2) is 24.3 Å². The fourth-order valence-corrected chi connectivity index (χ4v) is 3.65. The van der Waals surface area contributed by atoms with Crippen LogP contribution in [0.5, 0.6) is 0 Å². The van der Waals surface area contributed by atoms with Crippen molar-refractivity contribution in [3.05, 3.63) is 34.9 Å². The Hall–Kier alpha value is -1.06. The molecule has 0 aromatic heterocycles. The Morgan fingerprint density at radius 3 is 2.57 bits per heavy atom. The first kappa shape index (κ1) is 16.3. The average Bonchev–Trinajstić information content (AvgIpc) is 2.88. The van der Waals surface area contributed by atoms with Crippen LogP contribution in [0.4, 0.5) is 0 Å². The van der Waals surface area contributed by atoms with Crippen molar-refractivity contribution in [3.8, 4) is 0 Å². The summed E-state index contributed by atoms with van der Waals surface area (Å²) in [4.78, 5) is 14.0. The Labute approximate surface area is 131 Å². The van der Waals surface area contributed by atoms with Gasteiger partial charge in [-0.15, -0.1) is 0 Å². The van der Waals surface area contributed by atoms with Gasteiger partial charge < -0.3 is 5.11 Å². The number of hydrogen-bond acceptors (Lipinski definition) is 2. The first-order chi connectivity index (χ1) is 10.0. The molecule has 0 bridgehead atoms. The molecule has 2 atom stereocenters. The zero-order valence-corrected chi connectivity index (χ0v) is 13.6. The predicted octanol–water partition coefficient (Wildman–Crippen LogP) is 4.37. The summed E-state index contributed by atoms with van der Waals surface area (Å²) in [5.74, 6) is -0.641. The second-order valence-electron chi connectivity index (χ2n) is 6.03. The van der Waals surface area contributed by atoms with Gasteiger partial charge in [0, 0.05) is 17.6 Å². The maximum atomic E-state index is 11.7. The highest BCUT2D eigenvalue weighted by Gasteiger charge is 2.45. The Kier molecular flexibility index (Phi) is 5.28. The molecule has 21 heavy (non-hydrogen) atoms. The highest BCUT2D eigenvalue weighted by atomic mass is 35.5. The van der Waals surface area contributed by atoms with Crippen LogP contribution >= 0.6 is 11.6 Å². The lowest BCUT2D eigenvalue weighted by atomic mass is 9.82. The molecule has 1 aliphatic heterocycles. The molecule has 1 aliphatic rings. The maximum Gasteiger partial charge on any atom is 0.310 e. The van der Waals surface area contributed by atoms with Crippen LogP contribution in [0, 0.1) is 5.41 Å². The number of nitrogens with zero attached hydrogens (tertiary/aromatic N) is 1. The normalized spacial score (nSPS) is 24.1. The van der Waals surface area contributed by atoms with Gasteiger partial charge in [0.05, 0.1) is 5.41 Å². The molecule has 3 nitrogen and oxygen atoms in total. The monoisotopic (exact) mass is 309 g/mol. The van der Waals surface area contributed by atoms with Crippen LogP contribution in [-0.2, 0) is 4.79 Å². The van der Waals surface area contributed by atoms with E-state index in [-0.39, 0.29) is 6.04 Å². The Morgan fingerprint density at radius 2 is 2.05 bits per heavy atom.